The molecule has 23 heavy (non-hydrogen) atoms. The molecule has 2 saturated heterocycles. The topological polar surface area (TPSA) is 50.4 Å². The Balaban J connectivity index is 1.59. The van der Waals surface area contributed by atoms with Gasteiger partial charge in [0.15, 0.2) is 0 Å². The van der Waals surface area contributed by atoms with Gasteiger partial charge in [0, 0.05) is 24.6 Å². The minimum absolute atomic E-state index is 0.00995. The maximum absolute atomic E-state index is 13.4. The zero-order valence-electron chi connectivity index (χ0n) is 13.6. The summed E-state index contributed by atoms with van der Waals surface area (Å²) in [6, 6.07) is 5.42. The number of halogens is 1. The quantitative estimate of drug-likeness (QED) is 0.844. The monoisotopic (exact) mass is 320 g/mol. The van der Waals surface area contributed by atoms with Crippen LogP contribution in [0.15, 0.2) is 18.2 Å². The minimum Gasteiger partial charge on any atom is -0.491 e. The number of benzene rings is 1. The first kappa shape index (κ1) is 16.2. The lowest BCUT2D eigenvalue weighted by molar-refractivity contribution is -0.117. The third-order valence-corrected chi connectivity index (χ3v) is 4.72. The van der Waals surface area contributed by atoms with Gasteiger partial charge in [-0.25, -0.2) is 4.39 Å². The van der Waals surface area contributed by atoms with E-state index in [1.165, 1.54) is 25.0 Å². The van der Waals surface area contributed by atoms with Gasteiger partial charge in [-0.3, -0.25) is 4.79 Å². The molecule has 2 aliphatic rings. The van der Waals surface area contributed by atoms with E-state index >= 15 is 0 Å². The number of hydrogen-bond acceptors (Lipinski definition) is 3. The first-order valence-electron chi connectivity index (χ1n) is 8.62. The summed E-state index contributed by atoms with van der Waals surface area (Å²) in [6.45, 7) is 2.49. The Morgan fingerprint density at radius 2 is 2.09 bits per heavy atom. The lowest BCUT2D eigenvalue weighted by Crippen LogP contribution is -2.39. The number of carbonyl (C=O) groups is 1. The summed E-state index contributed by atoms with van der Waals surface area (Å²) in [4.78, 5) is 12.3. The molecule has 2 N–H and O–H groups in total. The fraction of sp³-hybridized carbons (Fsp3) is 0.611. The van der Waals surface area contributed by atoms with Crippen LogP contribution in [0.3, 0.4) is 0 Å². The molecule has 2 aliphatic heterocycles. The van der Waals surface area contributed by atoms with Crippen molar-refractivity contribution >= 4 is 11.6 Å². The highest BCUT2D eigenvalue weighted by Crippen LogP contribution is 2.33. The lowest BCUT2D eigenvalue weighted by atomic mass is 9.89. The van der Waals surface area contributed by atoms with E-state index in [0.717, 1.165) is 19.3 Å². The first-order chi connectivity index (χ1) is 11.1. The summed E-state index contributed by atoms with van der Waals surface area (Å²) < 4.78 is 18.9. The largest absolute Gasteiger partial charge is 0.491 e. The summed E-state index contributed by atoms with van der Waals surface area (Å²) in [5.74, 6) is 0.480. The number of hydrogen-bond donors (Lipinski definition) is 2. The summed E-state index contributed by atoms with van der Waals surface area (Å²) in [5, 5.41) is 6.48. The molecule has 2 heterocycles. The first-order valence-corrected chi connectivity index (χ1v) is 8.62. The van der Waals surface area contributed by atoms with Crippen molar-refractivity contribution in [2.24, 2.45) is 5.92 Å². The van der Waals surface area contributed by atoms with E-state index in [9.17, 15) is 9.18 Å². The van der Waals surface area contributed by atoms with Gasteiger partial charge in [-0.2, -0.15) is 0 Å². The molecule has 2 atom stereocenters. The molecule has 1 amide bonds. The Morgan fingerprint density at radius 3 is 2.78 bits per heavy atom. The summed E-state index contributed by atoms with van der Waals surface area (Å²) in [7, 11) is 0. The molecule has 2 fully saturated rings. The van der Waals surface area contributed by atoms with Crippen molar-refractivity contribution in [1.82, 2.24) is 5.32 Å². The van der Waals surface area contributed by atoms with Gasteiger partial charge >= 0.3 is 0 Å². The Kier molecular flexibility index (Phi) is 5.16. The smallest absolute Gasteiger partial charge is 0.224 e. The van der Waals surface area contributed by atoms with Crippen LogP contribution < -0.4 is 15.4 Å². The normalized spacial score (nSPS) is 26.1. The number of amides is 1. The number of carbonyl (C=O) groups excluding carboxylic acids is 1. The molecule has 3 rings (SSSR count). The van der Waals surface area contributed by atoms with E-state index in [1.807, 2.05) is 6.92 Å². The SMILES string of the molecule is CCCOc1cc(F)ccc1NC(=O)CC1CC2CCC(C1)N2. The Hall–Kier alpha value is -1.62. The summed E-state index contributed by atoms with van der Waals surface area (Å²) in [6.07, 6.45) is 5.98. The van der Waals surface area contributed by atoms with Crippen molar-refractivity contribution in [3.63, 3.8) is 0 Å². The highest BCUT2D eigenvalue weighted by molar-refractivity contribution is 5.92. The molecule has 0 aliphatic carbocycles. The standard InChI is InChI=1S/C18H25FN2O2/c1-2-7-23-17-11-13(19)3-6-16(17)21-18(22)10-12-8-14-4-5-15(9-12)20-14/h3,6,11-12,14-15,20H,2,4-5,7-10H2,1H3,(H,21,22). The van der Waals surface area contributed by atoms with Gasteiger partial charge in [0.25, 0.3) is 0 Å². The van der Waals surface area contributed by atoms with Crippen LogP contribution in [0.25, 0.3) is 0 Å². The van der Waals surface area contributed by atoms with Gasteiger partial charge in [-0.1, -0.05) is 6.92 Å². The maximum atomic E-state index is 13.4. The van der Waals surface area contributed by atoms with Crippen LogP contribution in [0.2, 0.25) is 0 Å². The molecule has 0 spiro atoms. The van der Waals surface area contributed by atoms with Crippen molar-refractivity contribution in [2.75, 3.05) is 11.9 Å². The predicted octanol–water partition coefficient (Wildman–Crippen LogP) is 3.47. The number of piperidine rings is 1. The Morgan fingerprint density at radius 1 is 1.35 bits per heavy atom. The van der Waals surface area contributed by atoms with Crippen molar-refractivity contribution in [3.8, 4) is 5.75 Å². The van der Waals surface area contributed by atoms with Crippen LogP contribution in [0.5, 0.6) is 5.75 Å². The number of anilines is 1. The molecule has 0 aromatic heterocycles. The van der Waals surface area contributed by atoms with Gasteiger partial charge in [0.2, 0.25) is 5.91 Å². The van der Waals surface area contributed by atoms with Crippen LogP contribution in [0, 0.1) is 11.7 Å². The van der Waals surface area contributed by atoms with E-state index in [2.05, 4.69) is 10.6 Å². The fourth-order valence-electron chi connectivity index (χ4n) is 3.74. The van der Waals surface area contributed by atoms with E-state index < -0.39 is 0 Å². The molecule has 2 unspecified atom stereocenters. The van der Waals surface area contributed by atoms with Gasteiger partial charge in [-0.05, 0) is 50.2 Å². The second kappa shape index (κ2) is 7.30. The third kappa shape index (κ3) is 4.22. The summed E-state index contributed by atoms with van der Waals surface area (Å²) >= 11 is 0. The highest BCUT2D eigenvalue weighted by Gasteiger charge is 2.34. The van der Waals surface area contributed by atoms with Gasteiger partial charge in [0.05, 0.1) is 12.3 Å². The molecule has 126 valence electrons. The fourth-order valence-corrected chi connectivity index (χ4v) is 3.74. The van der Waals surface area contributed by atoms with Crippen LogP contribution in [0.4, 0.5) is 10.1 Å². The van der Waals surface area contributed by atoms with E-state index in [-0.39, 0.29) is 11.7 Å². The average Bonchev–Trinajstić information content (AvgIpc) is 2.86. The average molecular weight is 320 g/mol. The van der Waals surface area contributed by atoms with Crippen molar-refractivity contribution in [3.05, 3.63) is 24.0 Å². The molecule has 2 bridgehead atoms. The molecule has 5 heteroatoms. The minimum atomic E-state index is -0.357. The van der Waals surface area contributed by atoms with Crippen LogP contribution >= 0.6 is 0 Å². The van der Waals surface area contributed by atoms with Crippen molar-refractivity contribution in [2.45, 2.75) is 57.5 Å². The Labute approximate surface area is 136 Å². The number of rotatable bonds is 6. The van der Waals surface area contributed by atoms with Gasteiger partial charge in [-0.15, -0.1) is 0 Å². The van der Waals surface area contributed by atoms with E-state index in [4.69, 9.17) is 4.74 Å². The third-order valence-electron chi connectivity index (χ3n) is 4.72. The molecule has 4 nitrogen and oxygen atoms in total. The molecule has 1 aromatic carbocycles. The number of ether oxygens (including phenoxy) is 1. The predicted molar refractivity (Wildman–Crippen MR) is 88.1 cm³/mol. The molecule has 0 radical (unpaired) electrons. The van der Waals surface area contributed by atoms with E-state index in [1.54, 1.807) is 6.07 Å². The molecular formula is C18H25FN2O2. The van der Waals surface area contributed by atoms with Gasteiger partial charge < -0.3 is 15.4 Å². The van der Waals surface area contributed by atoms with Gasteiger partial charge in [0.1, 0.15) is 11.6 Å². The lowest BCUT2D eigenvalue weighted by Gasteiger charge is -2.28. The second-order valence-corrected chi connectivity index (χ2v) is 6.72. The number of nitrogens with one attached hydrogen (secondary N) is 2. The Bertz CT molecular complexity index is 552. The number of fused-ring (bicyclic) bond motifs is 2. The van der Waals surface area contributed by atoms with Crippen LogP contribution in [-0.2, 0) is 4.79 Å². The maximum Gasteiger partial charge on any atom is 0.224 e. The van der Waals surface area contributed by atoms with E-state index in [0.29, 0.717) is 42.5 Å². The summed E-state index contributed by atoms with van der Waals surface area (Å²) in [5.41, 5.74) is 0.557. The zero-order valence-corrected chi connectivity index (χ0v) is 13.6. The van der Waals surface area contributed by atoms with Crippen molar-refractivity contribution in [1.29, 1.82) is 0 Å². The molecular weight excluding hydrogens is 295 g/mol. The zero-order chi connectivity index (χ0) is 16.2. The van der Waals surface area contributed by atoms with Crippen LogP contribution in [-0.4, -0.2) is 24.6 Å². The second-order valence-electron chi connectivity index (χ2n) is 6.72. The highest BCUT2D eigenvalue weighted by atomic mass is 19.1. The van der Waals surface area contributed by atoms with Crippen LogP contribution in [0.1, 0.15) is 45.4 Å². The molecule has 0 saturated carbocycles. The molecule has 1 aromatic rings. The van der Waals surface area contributed by atoms with Crippen molar-refractivity contribution < 1.29 is 13.9 Å².